The van der Waals surface area contributed by atoms with Crippen LogP contribution in [0.2, 0.25) is 0 Å². The molecule has 1 aliphatic rings. The maximum Gasteiger partial charge on any atom is 0.327 e. The Hall–Kier alpha value is -3.40. The van der Waals surface area contributed by atoms with E-state index in [0.29, 0.717) is 16.9 Å². The third kappa shape index (κ3) is 2.71. The van der Waals surface area contributed by atoms with Crippen molar-refractivity contribution in [2.75, 3.05) is 12.0 Å². The Bertz CT molecular complexity index is 798. The summed E-state index contributed by atoms with van der Waals surface area (Å²) >= 11 is 0. The highest BCUT2D eigenvalue weighted by Gasteiger charge is 2.15. The third-order valence-corrected chi connectivity index (χ3v) is 3.11. The monoisotopic (exact) mass is 292 g/mol. The fourth-order valence-electron chi connectivity index (χ4n) is 2.05. The summed E-state index contributed by atoms with van der Waals surface area (Å²) in [6.07, 6.45) is 6.51. The number of nitrogens with zero attached hydrogens (tertiary/aromatic N) is 4. The minimum Gasteiger partial charge on any atom is -0.304 e. The zero-order valence-corrected chi connectivity index (χ0v) is 11.5. The van der Waals surface area contributed by atoms with Crippen LogP contribution in [-0.2, 0) is 0 Å². The number of benzene rings is 1. The van der Waals surface area contributed by atoms with Gasteiger partial charge in [0, 0.05) is 18.0 Å². The number of aromatic amines is 1. The Balaban J connectivity index is 1.83. The van der Waals surface area contributed by atoms with Crippen LogP contribution >= 0.6 is 0 Å². The number of anilines is 1. The molecular formula is C15H12N6O. The Morgan fingerprint density at radius 1 is 1.45 bits per heavy atom. The predicted molar refractivity (Wildman–Crippen MR) is 82.1 cm³/mol. The van der Waals surface area contributed by atoms with Gasteiger partial charge in [0.25, 0.3) is 0 Å². The molecule has 0 saturated carbocycles. The first kappa shape index (κ1) is 13.6. The molecule has 2 amide bonds. The summed E-state index contributed by atoms with van der Waals surface area (Å²) in [5.41, 5.74) is 2.51. The molecule has 7 nitrogen and oxygen atoms in total. The van der Waals surface area contributed by atoms with Gasteiger partial charge in [0.1, 0.15) is 6.67 Å². The second-order valence-electron chi connectivity index (χ2n) is 4.57. The van der Waals surface area contributed by atoms with Crippen LogP contribution in [0, 0.1) is 11.3 Å². The molecule has 108 valence electrons. The number of nitriles is 1. The van der Waals surface area contributed by atoms with Crippen molar-refractivity contribution in [3.63, 3.8) is 0 Å². The van der Waals surface area contributed by atoms with Crippen LogP contribution in [0.3, 0.4) is 0 Å². The number of H-pyrrole nitrogens is 1. The minimum absolute atomic E-state index is 0.277. The minimum atomic E-state index is -0.299. The van der Waals surface area contributed by atoms with Crippen molar-refractivity contribution in [2.45, 2.75) is 0 Å². The first-order chi connectivity index (χ1) is 10.8. The highest BCUT2D eigenvalue weighted by atomic mass is 16.2. The quantitative estimate of drug-likeness (QED) is 0.888. The second kappa shape index (κ2) is 5.93. The largest absolute Gasteiger partial charge is 0.327 e. The van der Waals surface area contributed by atoms with Gasteiger partial charge in [-0.3, -0.25) is 15.0 Å². The molecule has 0 atom stereocenters. The van der Waals surface area contributed by atoms with E-state index >= 15 is 0 Å². The van der Waals surface area contributed by atoms with E-state index in [-0.39, 0.29) is 12.7 Å². The number of carbonyl (C=O) groups excluding carboxylic acids is 1. The lowest BCUT2D eigenvalue weighted by Gasteiger charge is -2.18. The molecule has 0 aliphatic carbocycles. The molecule has 7 heteroatoms. The van der Waals surface area contributed by atoms with E-state index in [4.69, 9.17) is 5.26 Å². The summed E-state index contributed by atoms with van der Waals surface area (Å²) in [6, 6.07) is 8.86. The van der Waals surface area contributed by atoms with E-state index in [9.17, 15) is 4.79 Å². The molecule has 0 bridgehead atoms. The number of amides is 2. The fourth-order valence-corrected chi connectivity index (χ4v) is 2.05. The number of allylic oxidation sites excluding steroid dienone is 1. The first-order valence-corrected chi connectivity index (χ1v) is 6.56. The lowest BCUT2D eigenvalue weighted by atomic mass is 10.1. The number of hydrogen-bond donors (Lipinski definition) is 2. The van der Waals surface area contributed by atoms with Gasteiger partial charge in [0.2, 0.25) is 0 Å². The number of carbonyl (C=O) groups is 1. The van der Waals surface area contributed by atoms with Crippen LogP contribution in [0.25, 0.3) is 11.3 Å². The van der Waals surface area contributed by atoms with Crippen LogP contribution in [0.5, 0.6) is 0 Å². The van der Waals surface area contributed by atoms with Gasteiger partial charge in [-0.25, -0.2) is 4.79 Å². The third-order valence-electron chi connectivity index (χ3n) is 3.11. The van der Waals surface area contributed by atoms with E-state index in [1.807, 2.05) is 6.07 Å². The average Bonchev–Trinajstić information content (AvgIpc) is 3.04. The van der Waals surface area contributed by atoms with Crippen molar-refractivity contribution < 1.29 is 4.79 Å². The topological polar surface area (TPSA) is 97.2 Å². The lowest BCUT2D eigenvalue weighted by molar-refractivity contribution is 0.229. The zero-order valence-electron chi connectivity index (χ0n) is 11.5. The molecule has 1 aromatic carbocycles. The highest BCUT2D eigenvalue weighted by Crippen LogP contribution is 2.26. The predicted octanol–water partition coefficient (Wildman–Crippen LogP) is 2.34. The molecule has 2 N–H and O–H groups in total. The molecule has 0 radical (unpaired) electrons. The van der Waals surface area contributed by atoms with Gasteiger partial charge < -0.3 is 5.32 Å². The molecule has 2 aromatic rings. The second-order valence-corrected chi connectivity index (χ2v) is 4.57. The first-order valence-electron chi connectivity index (χ1n) is 6.56. The molecule has 1 aromatic heterocycles. The number of aromatic nitrogens is 2. The average molecular weight is 292 g/mol. The number of rotatable bonds is 2. The van der Waals surface area contributed by atoms with Gasteiger partial charge in [-0.05, 0) is 18.2 Å². The van der Waals surface area contributed by atoms with Gasteiger partial charge in [-0.1, -0.05) is 12.1 Å². The van der Waals surface area contributed by atoms with Crippen molar-refractivity contribution in [1.82, 2.24) is 15.1 Å². The van der Waals surface area contributed by atoms with Crippen LogP contribution in [0.4, 0.5) is 10.5 Å². The van der Waals surface area contributed by atoms with E-state index in [1.165, 1.54) is 11.1 Å². The van der Waals surface area contributed by atoms with E-state index in [1.54, 1.807) is 36.7 Å². The number of urea groups is 1. The Morgan fingerprint density at radius 2 is 2.36 bits per heavy atom. The molecule has 22 heavy (non-hydrogen) atoms. The number of aliphatic imine (C=N–C) groups is 1. The Morgan fingerprint density at radius 3 is 3.14 bits per heavy atom. The molecule has 0 fully saturated rings. The maximum atomic E-state index is 12.2. The van der Waals surface area contributed by atoms with Crippen molar-refractivity contribution >= 4 is 17.9 Å². The molecule has 0 unspecified atom stereocenters. The summed E-state index contributed by atoms with van der Waals surface area (Å²) in [7, 11) is 0. The molecule has 0 saturated heterocycles. The van der Waals surface area contributed by atoms with Crippen molar-refractivity contribution in [2.24, 2.45) is 4.99 Å². The summed E-state index contributed by atoms with van der Waals surface area (Å²) < 4.78 is 0. The van der Waals surface area contributed by atoms with Crippen LogP contribution in [0.1, 0.15) is 5.56 Å². The SMILES string of the molecule is N#Cc1cccc(-c2[nH]ncc2NC(=O)N2C=CC=NC2)c1. The maximum absolute atomic E-state index is 12.2. The molecule has 3 rings (SSSR count). The summed E-state index contributed by atoms with van der Waals surface area (Å²) in [4.78, 5) is 17.6. The van der Waals surface area contributed by atoms with Crippen molar-refractivity contribution in [3.8, 4) is 17.3 Å². The van der Waals surface area contributed by atoms with Gasteiger partial charge in [0.05, 0.1) is 29.2 Å². The molecule has 2 heterocycles. The highest BCUT2D eigenvalue weighted by molar-refractivity contribution is 5.94. The summed E-state index contributed by atoms with van der Waals surface area (Å²) in [5.74, 6) is 0. The van der Waals surface area contributed by atoms with Gasteiger partial charge in [-0.2, -0.15) is 10.4 Å². The smallest absolute Gasteiger partial charge is 0.304 e. The van der Waals surface area contributed by atoms with Crippen LogP contribution < -0.4 is 5.32 Å². The van der Waals surface area contributed by atoms with Crippen molar-refractivity contribution in [1.29, 1.82) is 5.26 Å². The van der Waals surface area contributed by atoms with Crippen molar-refractivity contribution in [3.05, 3.63) is 48.3 Å². The fraction of sp³-hybridized carbons (Fsp3) is 0.0667. The standard InChI is InChI=1S/C15H12N6O/c16-8-11-3-1-4-12(7-11)14-13(9-18-20-14)19-15(22)21-6-2-5-17-10-21/h1-7,9H,10H2,(H,18,20)(H,19,22). The van der Waals surface area contributed by atoms with E-state index in [2.05, 4.69) is 26.6 Å². The van der Waals surface area contributed by atoms with Gasteiger partial charge in [0.15, 0.2) is 0 Å². The number of hydrogen-bond acceptors (Lipinski definition) is 4. The Kier molecular flexibility index (Phi) is 3.66. The van der Waals surface area contributed by atoms with Gasteiger partial charge in [-0.15, -0.1) is 0 Å². The van der Waals surface area contributed by atoms with E-state index in [0.717, 1.165) is 5.56 Å². The van der Waals surface area contributed by atoms with Crippen LogP contribution in [-0.4, -0.2) is 34.0 Å². The normalized spacial score (nSPS) is 13.0. The Labute approximate surface area is 126 Å². The summed E-state index contributed by atoms with van der Waals surface area (Å²) in [5, 5.41) is 18.6. The summed E-state index contributed by atoms with van der Waals surface area (Å²) in [6.45, 7) is 0.277. The lowest BCUT2D eigenvalue weighted by Crippen LogP contribution is -2.31. The zero-order chi connectivity index (χ0) is 15.4. The molecule has 0 spiro atoms. The van der Waals surface area contributed by atoms with Gasteiger partial charge >= 0.3 is 6.03 Å². The molecular weight excluding hydrogens is 280 g/mol. The number of nitrogens with one attached hydrogen (secondary N) is 2. The van der Waals surface area contributed by atoms with Crippen LogP contribution in [0.15, 0.2) is 47.7 Å². The van der Waals surface area contributed by atoms with E-state index < -0.39 is 0 Å². The molecule has 1 aliphatic heterocycles.